The molecule has 0 saturated carbocycles. The Labute approximate surface area is 195 Å². The van der Waals surface area contributed by atoms with Crippen molar-refractivity contribution in [2.75, 3.05) is 6.61 Å². The lowest BCUT2D eigenvalue weighted by atomic mass is 10.2. The number of hydrogen-bond donors (Lipinski definition) is 1. The lowest BCUT2D eigenvalue weighted by molar-refractivity contribution is 0.0288. The minimum atomic E-state index is -5.55. The van der Waals surface area contributed by atoms with Gasteiger partial charge in [0.2, 0.25) is 0 Å². The van der Waals surface area contributed by atoms with E-state index in [-0.39, 0.29) is 11.4 Å². The van der Waals surface area contributed by atoms with Crippen LogP contribution in [0.4, 0.5) is 8.78 Å². The fourth-order valence-electron chi connectivity index (χ4n) is 2.88. The highest BCUT2D eigenvalue weighted by Gasteiger charge is 2.45. The average molecular weight is 496 g/mol. The Hall–Kier alpha value is -2.62. The van der Waals surface area contributed by atoms with Gasteiger partial charge in [-0.25, -0.2) is 0 Å². The molecule has 0 aliphatic heterocycles. The van der Waals surface area contributed by atoms with E-state index in [2.05, 4.69) is 0 Å². The maximum absolute atomic E-state index is 13.4. The van der Waals surface area contributed by atoms with Crippen molar-refractivity contribution in [3.05, 3.63) is 78.9 Å². The summed E-state index contributed by atoms with van der Waals surface area (Å²) in [6, 6.07) is 24.1. The first-order valence-corrected chi connectivity index (χ1v) is 12.7. The van der Waals surface area contributed by atoms with Gasteiger partial charge >= 0.3 is 15.4 Å². The Morgan fingerprint density at radius 1 is 0.788 bits per heavy atom. The summed E-state index contributed by atoms with van der Waals surface area (Å²) >= 11 is 0. The molecule has 0 radical (unpaired) electrons. The Kier molecular flexibility index (Phi) is 7.36. The van der Waals surface area contributed by atoms with Crippen molar-refractivity contribution in [1.82, 2.24) is 0 Å². The SMILES string of the molecule is CC(C)(C)Oc1ccc([S+](c2ccccc2)c2ccc(OCC(F)(F)S(=O)(=O)O)cc2)cc1. The van der Waals surface area contributed by atoms with Crippen molar-refractivity contribution in [1.29, 1.82) is 0 Å². The molecule has 0 heterocycles. The van der Waals surface area contributed by atoms with E-state index in [1.165, 1.54) is 12.1 Å². The van der Waals surface area contributed by atoms with Gasteiger partial charge in [0.05, 0.1) is 10.9 Å². The van der Waals surface area contributed by atoms with Gasteiger partial charge < -0.3 is 9.47 Å². The minimum Gasteiger partial charge on any atom is -0.488 e. The largest absolute Gasteiger partial charge is 0.488 e. The maximum atomic E-state index is 13.4. The third-order valence-electron chi connectivity index (χ3n) is 4.31. The zero-order valence-electron chi connectivity index (χ0n) is 18.4. The molecule has 0 aliphatic rings. The minimum absolute atomic E-state index is 0.0626. The first-order chi connectivity index (χ1) is 15.4. The monoisotopic (exact) mass is 495 g/mol. The second kappa shape index (κ2) is 9.70. The number of alkyl halides is 2. The summed E-state index contributed by atoms with van der Waals surface area (Å²) in [5.41, 5.74) is -0.315. The van der Waals surface area contributed by atoms with Crippen LogP contribution in [0.15, 0.2) is 93.5 Å². The highest BCUT2D eigenvalue weighted by Crippen LogP contribution is 2.33. The third kappa shape index (κ3) is 6.69. The van der Waals surface area contributed by atoms with Gasteiger partial charge in [-0.1, -0.05) is 18.2 Å². The van der Waals surface area contributed by atoms with E-state index in [0.29, 0.717) is 0 Å². The Balaban J connectivity index is 1.87. The normalized spacial score (nSPS) is 13.4. The van der Waals surface area contributed by atoms with Crippen LogP contribution in [0.25, 0.3) is 0 Å². The van der Waals surface area contributed by atoms with Crippen molar-refractivity contribution >= 4 is 21.0 Å². The molecular weight excluding hydrogens is 470 g/mol. The maximum Gasteiger partial charge on any atom is 0.402 e. The van der Waals surface area contributed by atoms with Crippen LogP contribution in [0.5, 0.6) is 11.5 Å². The van der Waals surface area contributed by atoms with E-state index in [9.17, 15) is 17.2 Å². The fourth-order valence-corrected chi connectivity index (χ4v) is 5.15. The van der Waals surface area contributed by atoms with E-state index in [1.807, 2.05) is 75.4 Å². The van der Waals surface area contributed by atoms with Crippen molar-refractivity contribution in [3.63, 3.8) is 0 Å². The average Bonchev–Trinajstić information content (AvgIpc) is 2.73. The van der Waals surface area contributed by atoms with Crippen molar-refractivity contribution in [2.24, 2.45) is 0 Å². The molecule has 0 aromatic heterocycles. The summed E-state index contributed by atoms with van der Waals surface area (Å²) in [6.45, 7) is 4.45. The summed E-state index contributed by atoms with van der Waals surface area (Å²) < 4.78 is 67.8. The predicted molar refractivity (Wildman–Crippen MR) is 124 cm³/mol. The van der Waals surface area contributed by atoms with Gasteiger partial charge in [-0.05, 0) is 81.4 Å². The zero-order chi connectivity index (χ0) is 24.3. The first-order valence-electron chi connectivity index (χ1n) is 10.0. The van der Waals surface area contributed by atoms with Gasteiger partial charge in [0.15, 0.2) is 21.3 Å². The van der Waals surface area contributed by atoms with Gasteiger partial charge in [-0.2, -0.15) is 17.2 Å². The highest BCUT2D eigenvalue weighted by atomic mass is 32.2. The molecule has 1 atom stereocenters. The standard InChI is InChI=1S/C24H24F2O5S2/c1-23(2,3)31-19-11-15-22(16-12-19)32(20-7-5-4-6-8-20)21-13-9-18(10-14-21)30-17-24(25,26)33(27,28)29/h4-16H,17H2,1-3H3/p+1. The van der Waals surface area contributed by atoms with E-state index < -0.39 is 32.9 Å². The smallest absolute Gasteiger partial charge is 0.402 e. The number of ether oxygens (including phenoxy) is 2. The summed E-state index contributed by atoms with van der Waals surface area (Å²) in [7, 11) is -6.03. The van der Waals surface area contributed by atoms with Crippen LogP contribution in [0.3, 0.4) is 0 Å². The van der Waals surface area contributed by atoms with Crippen LogP contribution in [0.2, 0.25) is 0 Å². The molecule has 176 valence electrons. The summed E-state index contributed by atoms with van der Waals surface area (Å²) in [5.74, 6) is 0.819. The topological polar surface area (TPSA) is 72.8 Å². The Bertz CT molecular complexity index is 1160. The molecule has 3 aromatic carbocycles. The third-order valence-corrected chi connectivity index (χ3v) is 7.41. The molecule has 3 rings (SSSR count). The Morgan fingerprint density at radius 2 is 1.24 bits per heavy atom. The van der Waals surface area contributed by atoms with Crippen molar-refractivity contribution in [2.45, 2.75) is 46.3 Å². The van der Waals surface area contributed by atoms with E-state index in [4.69, 9.17) is 14.0 Å². The molecule has 0 bridgehead atoms. The Morgan fingerprint density at radius 3 is 1.70 bits per heavy atom. The second-order valence-electron chi connectivity index (χ2n) is 8.18. The fraction of sp³-hybridized carbons (Fsp3) is 0.250. The van der Waals surface area contributed by atoms with Gasteiger partial charge in [0.25, 0.3) is 0 Å². The number of rotatable bonds is 8. The van der Waals surface area contributed by atoms with Crippen LogP contribution in [-0.2, 0) is 21.0 Å². The quantitative estimate of drug-likeness (QED) is 0.315. The summed E-state index contributed by atoms with van der Waals surface area (Å²) in [6.07, 6.45) is 0. The number of hydrogen-bond acceptors (Lipinski definition) is 4. The van der Waals surface area contributed by atoms with Gasteiger partial charge in [-0.15, -0.1) is 0 Å². The highest BCUT2D eigenvalue weighted by molar-refractivity contribution is 7.97. The molecule has 0 aliphatic carbocycles. The molecule has 33 heavy (non-hydrogen) atoms. The molecular formula is C24H25F2O5S2+. The summed E-state index contributed by atoms with van der Waals surface area (Å²) in [4.78, 5) is 3.02. The van der Waals surface area contributed by atoms with Crippen molar-refractivity contribution in [3.8, 4) is 11.5 Å². The van der Waals surface area contributed by atoms with E-state index >= 15 is 0 Å². The van der Waals surface area contributed by atoms with Crippen LogP contribution >= 0.6 is 0 Å². The number of halogens is 2. The zero-order valence-corrected chi connectivity index (χ0v) is 20.0. The molecule has 0 saturated heterocycles. The number of benzene rings is 3. The lowest BCUT2D eigenvalue weighted by Gasteiger charge is -2.21. The molecule has 5 nitrogen and oxygen atoms in total. The van der Waals surface area contributed by atoms with Crippen LogP contribution in [0.1, 0.15) is 20.8 Å². The van der Waals surface area contributed by atoms with Crippen LogP contribution in [0, 0.1) is 0 Å². The predicted octanol–water partition coefficient (Wildman–Crippen LogP) is 5.82. The lowest BCUT2D eigenvalue weighted by Crippen LogP contribution is -2.34. The molecule has 0 amide bonds. The van der Waals surface area contributed by atoms with Gasteiger partial charge in [0, 0.05) is 0 Å². The molecule has 1 N–H and O–H groups in total. The second-order valence-corrected chi connectivity index (χ2v) is 11.8. The van der Waals surface area contributed by atoms with Gasteiger partial charge in [-0.3, -0.25) is 4.55 Å². The molecule has 1 unspecified atom stereocenters. The first kappa shape index (κ1) is 25.0. The molecule has 0 fully saturated rings. The van der Waals surface area contributed by atoms with Crippen LogP contribution in [-0.4, -0.2) is 30.4 Å². The van der Waals surface area contributed by atoms with Crippen molar-refractivity contribution < 1.29 is 31.2 Å². The molecule has 3 aromatic rings. The summed E-state index contributed by atoms with van der Waals surface area (Å²) in [5, 5.41) is -4.39. The van der Waals surface area contributed by atoms with Gasteiger partial charge in [0.1, 0.15) is 17.1 Å². The van der Waals surface area contributed by atoms with Crippen LogP contribution < -0.4 is 9.47 Å². The molecule has 0 spiro atoms. The molecule has 9 heteroatoms. The van der Waals surface area contributed by atoms with E-state index in [1.54, 1.807) is 12.1 Å². The van der Waals surface area contributed by atoms with E-state index in [0.717, 1.165) is 20.4 Å².